The summed E-state index contributed by atoms with van der Waals surface area (Å²) in [4.78, 5) is 11.7. The highest BCUT2D eigenvalue weighted by Gasteiger charge is 2.16. The molecule has 3 N–H and O–H groups in total. The number of rotatable bonds is 2. The largest absolute Gasteiger partial charge is 0.396 e. The Morgan fingerprint density at radius 3 is 2.72 bits per heavy atom. The molecule has 0 aliphatic heterocycles. The van der Waals surface area contributed by atoms with Crippen molar-refractivity contribution in [2.45, 2.75) is 6.92 Å². The first-order valence-electron chi connectivity index (χ1n) is 4.96. The number of anilines is 2. The number of halogens is 2. The summed E-state index contributed by atoms with van der Waals surface area (Å²) in [5.41, 5.74) is 4.99. The first-order valence-corrected chi connectivity index (χ1v) is 4.96. The van der Waals surface area contributed by atoms with Crippen molar-refractivity contribution in [1.29, 1.82) is 0 Å². The normalized spacial score (nSPS) is 10.4. The fourth-order valence-electron chi connectivity index (χ4n) is 1.37. The van der Waals surface area contributed by atoms with Crippen LogP contribution in [-0.4, -0.2) is 11.1 Å². The maximum Gasteiger partial charge on any atom is 0.260 e. The SMILES string of the molecule is Cc1oncc1C(=O)Nc1cc(N)c(F)cc1F. The summed E-state index contributed by atoms with van der Waals surface area (Å²) in [6.45, 7) is 1.54. The number of nitrogens with one attached hydrogen (secondary N) is 1. The van der Waals surface area contributed by atoms with Crippen LogP contribution in [0.2, 0.25) is 0 Å². The fourth-order valence-corrected chi connectivity index (χ4v) is 1.37. The van der Waals surface area contributed by atoms with Gasteiger partial charge in [0.05, 0.1) is 17.6 Å². The lowest BCUT2D eigenvalue weighted by Crippen LogP contribution is -2.13. The number of aryl methyl sites for hydroxylation is 1. The Morgan fingerprint density at radius 2 is 2.11 bits per heavy atom. The van der Waals surface area contributed by atoms with Crippen molar-refractivity contribution in [2.24, 2.45) is 0 Å². The molecule has 0 saturated carbocycles. The predicted octanol–water partition coefficient (Wildman–Crippen LogP) is 2.10. The third-order valence-electron chi connectivity index (χ3n) is 2.33. The Hall–Kier alpha value is -2.44. The second-order valence-electron chi connectivity index (χ2n) is 3.60. The lowest BCUT2D eigenvalue weighted by molar-refractivity contribution is 0.102. The Bertz CT molecular complexity index is 610. The van der Waals surface area contributed by atoms with E-state index in [1.807, 2.05) is 0 Å². The fraction of sp³-hybridized carbons (Fsp3) is 0.0909. The molecule has 0 bridgehead atoms. The summed E-state index contributed by atoms with van der Waals surface area (Å²) >= 11 is 0. The molecule has 0 fully saturated rings. The van der Waals surface area contributed by atoms with E-state index in [1.165, 1.54) is 13.1 Å². The summed E-state index contributed by atoms with van der Waals surface area (Å²) in [6.07, 6.45) is 1.20. The van der Waals surface area contributed by atoms with Gasteiger partial charge in [-0.05, 0) is 13.0 Å². The van der Waals surface area contributed by atoms with E-state index in [2.05, 4.69) is 10.5 Å². The smallest absolute Gasteiger partial charge is 0.260 e. The molecule has 1 heterocycles. The highest BCUT2D eigenvalue weighted by Crippen LogP contribution is 2.22. The number of nitrogen functional groups attached to an aromatic ring is 1. The summed E-state index contributed by atoms with van der Waals surface area (Å²) < 4.78 is 31.0. The Kier molecular flexibility index (Phi) is 2.97. The molecule has 0 aliphatic carbocycles. The maximum absolute atomic E-state index is 13.4. The Labute approximate surface area is 101 Å². The van der Waals surface area contributed by atoms with Crippen LogP contribution in [0.25, 0.3) is 0 Å². The Balaban J connectivity index is 2.28. The number of nitrogens with two attached hydrogens (primary N) is 1. The molecule has 94 valence electrons. The first kappa shape index (κ1) is 12.0. The molecular weight excluding hydrogens is 244 g/mol. The zero-order valence-corrected chi connectivity index (χ0v) is 9.33. The van der Waals surface area contributed by atoms with Gasteiger partial charge in [0.1, 0.15) is 23.0 Å². The van der Waals surface area contributed by atoms with Crippen molar-refractivity contribution in [3.05, 3.63) is 41.3 Å². The van der Waals surface area contributed by atoms with E-state index >= 15 is 0 Å². The van der Waals surface area contributed by atoms with Crippen molar-refractivity contribution < 1.29 is 18.1 Å². The number of carbonyl (C=O) groups is 1. The minimum Gasteiger partial charge on any atom is -0.396 e. The highest BCUT2D eigenvalue weighted by atomic mass is 19.1. The number of benzene rings is 1. The van der Waals surface area contributed by atoms with Gasteiger partial charge >= 0.3 is 0 Å². The number of carbonyl (C=O) groups excluding carboxylic acids is 1. The number of hydrogen-bond donors (Lipinski definition) is 2. The molecule has 18 heavy (non-hydrogen) atoms. The zero-order valence-electron chi connectivity index (χ0n) is 9.33. The van der Waals surface area contributed by atoms with Crippen LogP contribution in [0.5, 0.6) is 0 Å². The van der Waals surface area contributed by atoms with Crippen LogP contribution in [-0.2, 0) is 0 Å². The molecule has 0 saturated heterocycles. The predicted molar refractivity (Wildman–Crippen MR) is 60.0 cm³/mol. The molecule has 7 heteroatoms. The van der Waals surface area contributed by atoms with Crippen LogP contribution in [0.15, 0.2) is 22.9 Å². The van der Waals surface area contributed by atoms with Crippen molar-refractivity contribution in [2.75, 3.05) is 11.1 Å². The number of nitrogens with zero attached hydrogens (tertiary/aromatic N) is 1. The van der Waals surface area contributed by atoms with Gasteiger partial charge in [0.25, 0.3) is 5.91 Å². The van der Waals surface area contributed by atoms with Gasteiger partial charge in [-0.25, -0.2) is 8.78 Å². The van der Waals surface area contributed by atoms with Gasteiger partial charge in [-0.3, -0.25) is 4.79 Å². The van der Waals surface area contributed by atoms with Gasteiger partial charge in [0.2, 0.25) is 0 Å². The monoisotopic (exact) mass is 253 g/mol. The molecule has 1 amide bonds. The standard InChI is InChI=1S/C11H9F2N3O2/c1-5-6(4-15-18-5)11(17)16-10-3-9(14)7(12)2-8(10)13/h2-4H,14H2,1H3,(H,16,17). The molecule has 0 radical (unpaired) electrons. The molecule has 0 unspecified atom stereocenters. The van der Waals surface area contributed by atoms with Gasteiger partial charge in [0, 0.05) is 6.07 Å². The lowest BCUT2D eigenvalue weighted by Gasteiger charge is -2.07. The van der Waals surface area contributed by atoms with E-state index in [0.717, 1.165) is 6.07 Å². The molecular formula is C11H9F2N3O2. The second kappa shape index (κ2) is 4.44. The molecule has 0 atom stereocenters. The summed E-state index contributed by atoms with van der Waals surface area (Å²) in [7, 11) is 0. The topological polar surface area (TPSA) is 81.2 Å². The minimum atomic E-state index is -0.913. The van der Waals surface area contributed by atoms with Crippen LogP contribution >= 0.6 is 0 Å². The average molecular weight is 253 g/mol. The first-order chi connectivity index (χ1) is 8.49. The molecule has 5 nitrogen and oxygen atoms in total. The van der Waals surface area contributed by atoms with E-state index in [-0.39, 0.29) is 16.9 Å². The van der Waals surface area contributed by atoms with E-state index in [0.29, 0.717) is 11.8 Å². The third-order valence-corrected chi connectivity index (χ3v) is 2.33. The van der Waals surface area contributed by atoms with E-state index < -0.39 is 17.5 Å². The van der Waals surface area contributed by atoms with Crippen LogP contribution in [0, 0.1) is 18.6 Å². The Morgan fingerprint density at radius 1 is 1.39 bits per heavy atom. The minimum absolute atomic E-state index is 0.164. The van der Waals surface area contributed by atoms with Gasteiger partial charge in [-0.1, -0.05) is 5.16 Å². The number of hydrogen-bond acceptors (Lipinski definition) is 4. The highest BCUT2D eigenvalue weighted by molar-refractivity contribution is 6.04. The van der Waals surface area contributed by atoms with Crippen molar-refractivity contribution in [3.8, 4) is 0 Å². The van der Waals surface area contributed by atoms with Gasteiger partial charge in [0.15, 0.2) is 0 Å². The van der Waals surface area contributed by atoms with Crippen molar-refractivity contribution in [1.82, 2.24) is 5.16 Å². The van der Waals surface area contributed by atoms with Crippen LogP contribution < -0.4 is 11.1 Å². The van der Waals surface area contributed by atoms with E-state index in [9.17, 15) is 13.6 Å². The summed E-state index contributed by atoms with van der Waals surface area (Å²) in [6, 6.07) is 1.61. The molecule has 2 aromatic rings. The molecule has 1 aromatic carbocycles. The van der Waals surface area contributed by atoms with Crippen LogP contribution in [0.3, 0.4) is 0 Å². The zero-order chi connectivity index (χ0) is 13.3. The maximum atomic E-state index is 13.4. The number of aromatic nitrogens is 1. The third kappa shape index (κ3) is 2.15. The van der Waals surface area contributed by atoms with Gasteiger partial charge in [-0.2, -0.15) is 0 Å². The molecule has 2 rings (SSSR count). The average Bonchev–Trinajstić information content (AvgIpc) is 2.72. The summed E-state index contributed by atoms with van der Waals surface area (Å²) in [5, 5.41) is 5.69. The second-order valence-corrected chi connectivity index (χ2v) is 3.60. The van der Waals surface area contributed by atoms with Crippen molar-refractivity contribution in [3.63, 3.8) is 0 Å². The van der Waals surface area contributed by atoms with Crippen LogP contribution in [0.1, 0.15) is 16.1 Å². The molecule has 0 aliphatic rings. The molecule has 1 aromatic heterocycles. The van der Waals surface area contributed by atoms with E-state index in [4.69, 9.17) is 10.3 Å². The van der Waals surface area contributed by atoms with Crippen molar-refractivity contribution >= 4 is 17.3 Å². The summed E-state index contributed by atoms with van der Waals surface area (Å²) in [5.74, 6) is -2.11. The molecule has 0 spiro atoms. The lowest BCUT2D eigenvalue weighted by atomic mass is 10.2. The quantitative estimate of drug-likeness (QED) is 0.803. The number of amides is 1. The van der Waals surface area contributed by atoms with E-state index in [1.54, 1.807) is 0 Å². The van der Waals surface area contributed by atoms with Gasteiger partial charge in [-0.15, -0.1) is 0 Å². The van der Waals surface area contributed by atoms with Crippen LogP contribution in [0.4, 0.5) is 20.2 Å². The van der Waals surface area contributed by atoms with Gasteiger partial charge < -0.3 is 15.6 Å².